The Morgan fingerprint density at radius 3 is 2.53 bits per heavy atom. The Bertz CT molecular complexity index is 368. The Kier molecular flexibility index (Phi) is 5.62. The molecule has 1 aromatic rings. The molecule has 1 heterocycles. The molecule has 0 saturated carbocycles. The van der Waals surface area contributed by atoms with Crippen LogP contribution in [0.3, 0.4) is 0 Å². The highest BCUT2D eigenvalue weighted by atomic mass is 79.9. The first-order valence-corrected chi connectivity index (χ1v) is 7.22. The van der Waals surface area contributed by atoms with E-state index >= 15 is 0 Å². The number of thiophene rings is 1. The average molecular weight is 319 g/mol. The molecule has 1 amide bonds. The van der Waals surface area contributed by atoms with Crippen LogP contribution in [0.1, 0.15) is 23.5 Å². The molecule has 0 fully saturated rings. The summed E-state index contributed by atoms with van der Waals surface area (Å²) in [6.07, 6.45) is 0. The summed E-state index contributed by atoms with van der Waals surface area (Å²) in [5.41, 5.74) is 0. The van der Waals surface area contributed by atoms with E-state index in [1.165, 1.54) is 11.3 Å². The summed E-state index contributed by atoms with van der Waals surface area (Å²) in [6.45, 7) is 5.01. The molecule has 5 heteroatoms. The molecular weight excluding hydrogens is 300 g/mol. The van der Waals surface area contributed by atoms with Gasteiger partial charge in [0.25, 0.3) is 5.91 Å². The fourth-order valence-electron chi connectivity index (χ4n) is 1.74. The van der Waals surface area contributed by atoms with E-state index in [0.717, 1.165) is 8.66 Å². The smallest absolute Gasteiger partial charge is 0.261 e. The number of hydrogen-bond acceptors (Lipinski definition) is 3. The zero-order valence-electron chi connectivity index (χ0n) is 10.7. The molecule has 0 aliphatic heterocycles. The highest BCUT2D eigenvalue weighted by Crippen LogP contribution is 2.21. The Labute approximate surface area is 115 Å². The molecule has 0 spiro atoms. The third-order valence-electron chi connectivity index (χ3n) is 2.70. The van der Waals surface area contributed by atoms with Gasteiger partial charge in [0.15, 0.2) is 0 Å². The van der Waals surface area contributed by atoms with E-state index in [1.54, 1.807) is 0 Å². The molecule has 0 aromatic carbocycles. The largest absolute Gasteiger partial charge is 0.350 e. The molecule has 17 heavy (non-hydrogen) atoms. The van der Waals surface area contributed by atoms with Crippen molar-refractivity contribution in [2.75, 3.05) is 20.6 Å². The van der Waals surface area contributed by atoms with Crippen molar-refractivity contribution in [2.24, 2.45) is 5.92 Å². The van der Waals surface area contributed by atoms with Crippen molar-refractivity contribution in [3.05, 3.63) is 20.8 Å². The number of likely N-dealkylation sites (N-methyl/N-ethyl adjacent to an activating group) is 1. The molecule has 96 valence electrons. The first kappa shape index (κ1) is 14.7. The van der Waals surface area contributed by atoms with Crippen LogP contribution < -0.4 is 5.32 Å². The standard InChI is InChI=1S/C12H19BrN2OS/c1-8(2)9(15(3)4)7-14-12(16)10-5-6-11(13)17-10/h5-6,8-9H,7H2,1-4H3,(H,14,16). The molecule has 1 N–H and O–H groups in total. The van der Waals surface area contributed by atoms with Crippen molar-refractivity contribution in [1.29, 1.82) is 0 Å². The van der Waals surface area contributed by atoms with Crippen LogP contribution in [0.5, 0.6) is 0 Å². The van der Waals surface area contributed by atoms with Crippen LogP contribution in [-0.2, 0) is 0 Å². The minimum Gasteiger partial charge on any atom is -0.350 e. The minimum atomic E-state index is 0.00759. The van der Waals surface area contributed by atoms with Crippen LogP contribution >= 0.6 is 27.3 Å². The van der Waals surface area contributed by atoms with Crippen LogP contribution in [0, 0.1) is 5.92 Å². The maximum atomic E-state index is 11.9. The Balaban J connectivity index is 2.52. The fraction of sp³-hybridized carbons (Fsp3) is 0.583. The van der Waals surface area contributed by atoms with Gasteiger partial charge in [-0.2, -0.15) is 0 Å². The lowest BCUT2D eigenvalue weighted by molar-refractivity contribution is 0.0939. The van der Waals surface area contributed by atoms with Crippen molar-refractivity contribution < 1.29 is 4.79 Å². The molecule has 1 aromatic heterocycles. The maximum Gasteiger partial charge on any atom is 0.261 e. The summed E-state index contributed by atoms with van der Waals surface area (Å²) in [4.78, 5) is 14.8. The lowest BCUT2D eigenvalue weighted by atomic mass is 10.0. The van der Waals surface area contributed by atoms with Gasteiger partial charge in [0.2, 0.25) is 0 Å². The first-order valence-electron chi connectivity index (χ1n) is 5.61. The number of hydrogen-bond donors (Lipinski definition) is 1. The molecule has 0 aliphatic rings. The van der Waals surface area contributed by atoms with Gasteiger partial charge in [0, 0.05) is 12.6 Å². The summed E-state index contributed by atoms with van der Waals surface area (Å²) >= 11 is 4.81. The number of carbonyl (C=O) groups is 1. The lowest BCUT2D eigenvalue weighted by Crippen LogP contribution is -2.43. The van der Waals surface area contributed by atoms with Gasteiger partial charge in [-0.15, -0.1) is 11.3 Å². The van der Waals surface area contributed by atoms with E-state index in [0.29, 0.717) is 18.5 Å². The van der Waals surface area contributed by atoms with Gasteiger partial charge in [-0.25, -0.2) is 0 Å². The SMILES string of the molecule is CC(C)C(CNC(=O)c1ccc(Br)s1)N(C)C. The fourth-order valence-corrected chi connectivity index (χ4v) is 3.04. The highest BCUT2D eigenvalue weighted by molar-refractivity contribution is 9.11. The monoisotopic (exact) mass is 318 g/mol. The number of carbonyl (C=O) groups excluding carboxylic acids is 1. The topological polar surface area (TPSA) is 32.3 Å². The number of halogens is 1. The molecule has 3 nitrogen and oxygen atoms in total. The quantitative estimate of drug-likeness (QED) is 0.905. The highest BCUT2D eigenvalue weighted by Gasteiger charge is 2.17. The predicted octanol–water partition coefficient (Wildman–Crippen LogP) is 2.83. The summed E-state index contributed by atoms with van der Waals surface area (Å²) in [5, 5.41) is 2.98. The van der Waals surface area contributed by atoms with Crippen LogP contribution in [-0.4, -0.2) is 37.5 Å². The van der Waals surface area contributed by atoms with E-state index in [4.69, 9.17) is 0 Å². The zero-order chi connectivity index (χ0) is 13.0. The van der Waals surface area contributed by atoms with Crippen LogP contribution in [0.2, 0.25) is 0 Å². The number of nitrogens with zero attached hydrogens (tertiary/aromatic N) is 1. The molecule has 1 atom stereocenters. The van der Waals surface area contributed by atoms with Gasteiger partial charge in [-0.3, -0.25) is 4.79 Å². The van der Waals surface area contributed by atoms with Crippen LogP contribution in [0.15, 0.2) is 15.9 Å². The van der Waals surface area contributed by atoms with Crippen molar-refractivity contribution in [3.8, 4) is 0 Å². The van der Waals surface area contributed by atoms with E-state index in [2.05, 4.69) is 40.0 Å². The van der Waals surface area contributed by atoms with Crippen molar-refractivity contribution in [2.45, 2.75) is 19.9 Å². The van der Waals surface area contributed by atoms with Crippen molar-refractivity contribution in [3.63, 3.8) is 0 Å². The van der Waals surface area contributed by atoms with E-state index in [9.17, 15) is 4.79 Å². The third kappa shape index (κ3) is 4.41. The molecule has 0 aliphatic carbocycles. The Morgan fingerprint density at radius 1 is 1.47 bits per heavy atom. The number of rotatable bonds is 5. The number of nitrogens with one attached hydrogen (secondary N) is 1. The molecule has 0 radical (unpaired) electrons. The van der Waals surface area contributed by atoms with Gasteiger partial charge >= 0.3 is 0 Å². The zero-order valence-corrected chi connectivity index (χ0v) is 13.1. The molecule has 1 rings (SSSR count). The second-order valence-electron chi connectivity index (χ2n) is 4.59. The van der Waals surface area contributed by atoms with Crippen molar-refractivity contribution >= 4 is 33.2 Å². The molecule has 1 unspecified atom stereocenters. The Morgan fingerprint density at radius 2 is 2.12 bits per heavy atom. The molecular formula is C12H19BrN2OS. The normalized spacial score (nSPS) is 13.1. The first-order chi connectivity index (χ1) is 7.91. The summed E-state index contributed by atoms with van der Waals surface area (Å²) in [7, 11) is 4.08. The van der Waals surface area contributed by atoms with E-state index in [1.807, 2.05) is 26.2 Å². The third-order valence-corrected chi connectivity index (χ3v) is 4.32. The summed E-state index contributed by atoms with van der Waals surface area (Å²) in [5.74, 6) is 0.522. The molecule has 0 saturated heterocycles. The van der Waals surface area contributed by atoms with Crippen LogP contribution in [0.25, 0.3) is 0 Å². The van der Waals surface area contributed by atoms with Gasteiger partial charge in [-0.05, 0) is 48.1 Å². The van der Waals surface area contributed by atoms with Crippen molar-refractivity contribution in [1.82, 2.24) is 10.2 Å². The van der Waals surface area contributed by atoms with Gasteiger partial charge in [0.1, 0.15) is 0 Å². The second-order valence-corrected chi connectivity index (χ2v) is 7.05. The van der Waals surface area contributed by atoms with Crippen LogP contribution in [0.4, 0.5) is 0 Å². The molecule has 0 bridgehead atoms. The van der Waals surface area contributed by atoms with E-state index in [-0.39, 0.29) is 5.91 Å². The Hall–Kier alpha value is -0.390. The minimum absolute atomic E-state index is 0.00759. The summed E-state index contributed by atoms with van der Waals surface area (Å²) in [6, 6.07) is 4.10. The second kappa shape index (κ2) is 6.52. The van der Waals surface area contributed by atoms with Gasteiger partial charge in [0.05, 0.1) is 8.66 Å². The summed E-state index contributed by atoms with van der Waals surface area (Å²) < 4.78 is 0.982. The predicted molar refractivity (Wildman–Crippen MR) is 76.7 cm³/mol. The van der Waals surface area contributed by atoms with E-state index < -0.39 is 0 Å². The average Bonchev–Trinajstić information content (AvgIpc) is 2.63. The number of amides is 1. The van der Waals surface area contributed by atoms with Gasteiger partial charge in [-0.1, -0.05) is 13.8 Å². The van der Waals surface area contributed by atoms with Gasteiger partial charge < -0.3 is 10.2 Å². The maximum absolute atomic E-state index is 11.9. The lowest BCUT2D eigenvalue weighted by Gasteiger charge is -2.27.